The minimum atomic E-state index is -0.258. The van der Waals surface area contributed by atoms with Gasteiger partial charge in [-0.05, 0) is 111 Å². The Hall–Kier alpha value is -7.16. The number of rotatable bonds is 6. The van der Waals surface area contributed by atoms with E-state index in [1.807, 2.05) is 0 Å². The zero-order valence-electron chi connectivity index (χ0n) is 31.0. The molecule has 0 radical (unpaired) electrons. The van der Waals surface area contributed by atoms with Crippen LogP contribution in [-0.4, -0.2) is 0 Å². The van der Waals surface area contributed by atoms with E-state index in [4.69, 9.17) is 4.42 Å². The van der Waals surface area contributed by atoms with Crippen LogP contribution >= 0.6 is 0 Å². The van der Waals surface area contributed by atoms with E-state index in [1.165, 1.54) is 49.7 Å². The highest BCUT2D eigenvalue weighted by Gasteiger charge is 2.40. The molecule has 9 aromatic carbocycles. The fraction of sp³-hybridized carbons (Fsp3) is 0.0370. The van der Waals surface area contributed by atoms with Crippen LogP contribution in [0, 0.1) is 0 Å². The maximum atomic E-state index is 6.64. The normalized spacial score (nSPS) is 12.9. The molecule has 0 aliphatic heterocycles. The van der Waals surface area contributed by atoms with Crippen LogP contribution in [0.15, 0.2) is 211 Å². The summed E-state index contributed by atoms with van der Waals surface area (Å²) in [6.07, 6.45) is 0. The fourth-order valence-corrected chi connectivity index (χ4v) is 9.10. The highest BCUT2D eigenvalue weighted by molar-refractivity contribution is 6.06. The molecule has 1 aliphatic carbocycles. The van der Waals surface area contributed by atoms with Gasteiger partial charge in [0.2, 0.25) is 0 Å². The van der Waals surface area contributed by atoms with Crippen molar-refractivity contribution in [2.45, 2.75) is 12.3 Å². The van der Waals surface area contributed by atoms with Crippen molar-refractivity contribution in [2.75, 3.05) is 4.90 Å². The van der Waals surface area contributed by atoms with Gasteiger partial charge in [0.15, 0.2) is 0 Å². The predicted octanol–water partition coefficient (Wildman–Crippen LogP) is 14.9. The second-order valence-electron chi connectivity index (χ2n) is 15.0. The molecular formula is C54H37NO. The van der Waals surface area contributed by atoms with E-state index in [9.17, 15) is 0 Å². The average Bonchev–Trinajstić information content (AvgIpc) is 3.77. The molecule has 56 heavy (non-hydrogen) atoms. The molecule has 0 amide bonds. The molecule has 0 bridgehead atoms. The minimum absolute atomic E-state index is 0.258. The third-order valence-corrected chi connectivity index (χ3v) is 12.0. The third kappa shape index (κ3) is 5.03. The lowest BCUT2D eigenvalue weighted by Gasteiger charge is -2.28. The Balaban J connectivity index is 0.898. The van der Waals surface area contributed by atoms with E-state index < -0.39 is 0 Å². The van der Waals surface area contributed by atoms with E-state index >= 15 is 0 Å². The van der Waals surface area contributed by atoms with Crippen molar-refractivity contribution >= 4 is 49.8 Å². The summed E-state index contributed by atoms with van der Waals surface area (Å²) >= 11 is 0. The van der Waals surface area contributed by atoms with E-state index in [1.54, 1.807) is 0 Å². The summed E-state index contributed by atoms with van der Waals surface area (Å²) in [6.45, 7) is 2.35. The van der Waals surface area contributed by atoms with Crippen LogP contribution in [0.25, 0.3) is 66.1 Å². The maximum Gasteiger partial charge on any atom is 0.136 e. The van der Waals surface area contributed by atoms with Crippen LogP contribution in [-0.2, 0) is 5.41 Å². The first-order chi connectivity index (χ1) is 27.6. The van der Waals surface area contributed by atoms with Crippen molar-refractivity contribution in [3.8, 4) is 33.4 Å². The van der Waals surface area contributed by atoms with E-state index in [0.717, 1.165) is 50.1 Å². The fourth-order valence-electron chi connectivity index (χ4n) is 9.10. The van der Waals surface area contributed by atoms with Crippen LogP contribution in [0.4, 0.5) is 17.1 Å². The third-order valence-electron chi connectivity index (χ3n) is 12.0. The topological polar surface area (TPSA) is 16.4 Å². The molecule has 2 nitrogen and oxygen atoms in total. The van der Waals surface area contributed by atoms with Crippen LogP contribution in [0.3, 0.4) is 0 Å². The average molecular weight is 716 g/mol. The second kappa shape index (κ2) is 12.7. The lowest BCUT2D eigenvalue weighted by molar-refractivity contribution is 0.662. The number of fused-ring (bicyclic) bond motifs is 7. The van der Waals surface area contributed by atoms with Crippen LogP contribution < -0.4 is 4.90 Å². The van der Waals surface area contributed by atoms with Gasteiger partial charge < -0.3 is 9.32 Å². The lowest BCUT2D eigenvalue weighted by Crippen LogP contribution is -2.22. The Bertz CT molecular complexity index is 3030. The smallest absolute Gasteiger partial charge is 0.136 e. The van der Waals surface area contributed by atoms with Gasteiger partial charge in [-0.25, -0.2) is 0 Å². The van der Waals surface area contributed by atoms with Crippen LogP contribution in [0.1, 0.15) is 23.6 Å². The molecule has 264 valence electrons. The Morgan fingerprint density at radius 2 is 0.911 bits per heavy atom. The maximum absolute atomic E-state index is 6.64. The van der Waals surface area contributed by atoms with Gasteiger partial charge in [-0.1, -0.05) is 158 Å². The van der Waals surface area contributed by atoms with E-state index in [2.05, 4.69) is 218 Å². The Kier molecular flexibility index (Phi) is 7.33. The first-order valence-electron chi connectivity index (χ1n) is 19.3. The van der Waals surface area contributed by atoms with Crippen LogP contribution in [0.2, 0.25) is 0 Å². The van der Waals surface area contributed by atoms with Crippen molar-refractivity contribution < 1.29 is 4.42 Å². The Morgan fingerprint density at radius 3 is 1.62 bits per heavy atom. The van der Waals surface area contributed by atoms with Crippen molar-refractivity contribution in [3.63, 3.8) is 0 Å². The zero-order chi connectivity index (χ0) is 37.2. The molecule has 0 unspecified atom stereocenters. The second-order valence-corrected chi connectivity index (χ2v) is 15.0. The first-order valence-corrected chi connectivity index (χ1v) is 19.3. The number of nitrogens with zero attached hydrogens (tertiary/aromatic N) is 1. The van der Waals surface area contributed by atoms with Crippen molar-refractivity contribution in [1.29, 1.82) is 0 Å². The highest BCUT2D eigenvalue weighted by atomic mass is 16.3. The molecule has 2 heteroatoms. The predicted molar refractivity (Wildman–Crippen MR) is 234 cm³/mol. The molecule has 0 atom stereocenters. The molecule has 0 N–H and O–H groups in total. The van der Waals surface area contributed by atoms with Gasteiger partial charge in [-0.15, -0.1) is 0 Å². The van der Waals surface area contributed by atoms with Crippen LogP contribution in [0.5, 0.6) is 0 Å². The van der Waals surface area contributed by atoms with Gasteiger partial charge >= 0.3 is 0 Å². The monoisotopic (exact) mass is 715 g/mol. The summed E-state index contributed by atoms with van der Waals surface area (Å²) in [5.74, 6) is 0. The molecule has 1 aliphatic rings. The Morgan fingerprint density at radius 1 is 0.393 bits per heavy atom. The van der Waals surface area contributed by atoms with E-state index in [-0.39, 0.29) is 5.41 Å². The van der Waals surface area contributed by atoms with Gasteiger partial charge in [-0.2, -0.15) is 0 Å². The van der Waals surface area contributed by atoms with Crippen molar-refractivity contribution in [3.05, 3.63) is 223 Å². The summed E-state index contributed by atoms with van der Waals surface area (Å²) in [4.78, 5) is 2.34. The molecule has 0 saturated carbocycles. The SMILES string of the molecule is CC1(c2ccc3c(c2)oc2cc(-c4ccc(-c5ccc(N(c6ccccc6)c6cccc7ccccc67)cc5)cc4)ccc23)c2ccccc2-c2ccccc21. The molecular weight excluding hydrogens is 679 g/mol. The standard InChI is InChI=1S/C54H37NO/c1-54(49-19-9-7-17-45(49)46-18-8-10-20-50(46)54)41-29-33-48-47-32-28-40(34-52(47)56-53(48)35-41)38-24-22-36(23-25-38)37-26-30-43(31-27-37)55(42-14-3-2-4-15-42)51-21-11-13-39-12-5-6-16-44(39)51/h2-35H,1H3. The lowest BCUT2D eigenvalue weighted by atomic mass is 9.74. The molecule has 11 rings (SSSR count). The summed E-state index contributed by atoms with van der Waals surface area (Å²) in [5, 5.41) is 4.73. The summed E-state index contributed by atoms with van der Waals surface area (Å²) in [5.41, 5.74) is 16.2. The summed E-state index contributed by atoms with van der Waals surface area (Å²) in [6, 6.07) is 74.5. The summed E-state index contributed by atoms with van der Waals surface area (Å²) in [7, 11) is 0. The van der Waals surface area contributed by atoms with Crippen molar-refractivity contribution in [2.24, 2.45) is 0 Å². The molecule has 0 spiro atoms. The van der Waals surface area contributed by atoms with Gasteiger partial charge in [0.05, 0.1) is 5.69 Å². The summed E-state index contributed by atoms with van der Waals surface area (Å²) < 4.78 is 6.64. The Labute approximate surface area is 326 Å². The number of hydrogen-bond donors (Lipinski definition) is 0. The molecule has 10 aromatic rings. The van der Waals surface area contributed by atoms with Gasteiger partial charge in [-0.3, -0.25) is 0 Å². The largest absolute Gasteiger partial charge is 0.456 e. The molecule has 1 heterocycles. The number of furan rings is 1. The quantitative estimate of drug-likeness (QED) is 0.170. The van der Waals surface area contributed by atoms with E-state index in [0.29, 0.717) is 0 Å². The van der Waals surface area contributed by atoms with Gasteiger partial charge in [0.1, 0.15) is 11.2 Å². The molecule has 0 fully saturated rings. The number of hydrogen-bond acceptors (Lipinski definition) is 2. The number of benzene rings is 9. The highest BCUT2D eigenvalue weighted by Crippen LogP contribution is 2.52. The van der Waals surface area contributed by atoms with Gasteiger partial charge in [0, 0.05) is 32.9 Å². The zero-order valence-corrected chi connectivity index (χ0v) is 31.0. The molecule has 1 aromatic heterocycles. The first kappa shape index (κ1) is 32.3. The van der Waals surface area contributed by atoms with Crippen molar-refractivity contribution in [1.82, 2.24) is 0 Å². The minimum Gasteiger partial charge on any atom is -0.456 e. The number of para-hydroxylation sites is 1. The van der Waals surface area contributed by atoms with Gasteiger partial charge in [0.25, 0.3) is 0 Å². The molecule has 0 saturated heterocycles. The number of anilines is 3.